The highest BCUT2D eigenvalue weighted by molar-refractivity contribution is 8.76. The standard InChI is InChI=1S/C18H16N2O4S2/c21-19(22)17-9-5-15(6-10-17)3-1-13-25-26-14-2-4-16-7-11-18(12-8-16)20(23)24/h1-12H,13-14H2/b3-1+,4-2+. The van der Waals surface area contributed by atoms with Crippen molar-refractivity contribution in [1.29, 1.82) is 0 Å². The molecule has 0 aliphatic rings. The van der Waals surface area contributed by atoms with Gasteiger partial charge in [0.15, 0.2) is 0 Å². The molecule has 0 heterocycles. The first-order valence-electron chi connectivity index (χ1n) is 7.62. The number of benzene rings is 2. The Kier molecular flexibility index (Phi) is 7.91. The van der Waals surface area contributed by atoms with E-state index in [-0.39, 0.29) is 11.4 Å². The summed E-state index contributed by atoms with van der Waals surface area (Å²) >= 11 is 0. The van der Waals surface area contributed by atoms with Gasteiger partial charge in [0.05, 0.1) is 9.85 Å². The Morgan fingerprint density at radius 3 is 1.35 bits per heavy atom. The van der Waals surface area contributed by atoms with Crippen LogP contribution in [-0.4, -0.2) is 21.4 Å². The lowest BCUT2D eigenvalue weighted by molar-refractivity contribution is -0.385. The average Bonchev–Trinajstić information content (AvgIpc) is 2.64. The molecule has 0 fully saturated rings. The van der Waals surface area contributed by atoms with Gasteiger partial charge in [0.25, 0.3) is 11.4 Å². The van der Waals surface area contributed by atoms with E-state index in [4.69, 9.17) is 0 Å². The summed E-state index contributed by atoms with van der Waals surface area (Å²) in [5.74, 6) is 1.65. The van der Waals surface area contributed by atoms with Crippen LogP contribution in [0, 0.1) is 20.2 Å². The van der Waals surface area contributed by atoms with Crippen LogP contribution in [0.5, 0.6) is 0 Å². The molecule has 26 heavy (non-hydrogen) atoms. The van der Waals surface area contributed by atoms with Gasteiger partial charge >= 0.3 is 0 Å². The van der Waals surface area contributed by atoms with Crippen LogP contribution in [0.25, 0.3) is 12.2 Å². The first kappa shape index (κ1) is 19.7. The van der Waals surface area contributed by atoms with E-state index >= 15 is 0 Å². The van der Waals surface area contributed by atoms with E-state index in [0.29, 0.717) is 0 Å². The zero-order valence-corrected chi connectivity index (χ0v) is 15.3. The molecule has 0 radical (unpaired) electrons. The molecule has 8 heteroatoms. The van der Waals surface area contributed by atoms with E-state index < -0.39 is 9.85 Å². The van der Waals surface area contributed by atoms with Gasteiger partial charge in [0, 0.05) is 35.8 Å². The number of hydrogen-bond donors (Lipinski definition) is 0. The van der Waals surface area contributed by atoms with Gasteiger partial charge in [-0.3, -0.25) is 20.2 Å². The van der Waals surface area contributed by atoms with E-state index in [1.54, 1.807) is 45.9 Å². The smallest absolute Gasteiger partial charge is 0.258 e. The highest BCUT2D eigenvalue weighted by atomic mass is 33.1. The molecule has 2 aromatic rings. The van der Waals surface area contributed by atoms with E-state index in [1.165, 1.54) is 24.3 Å². The molecule has 0 N–H and O–H groups in total. The van der Waals surface area contributed by atoms with Gasteiger partial charge in [-0.15, -0.1) is 0 Å². The first-order valence-corrected chi connectivity index (χ1v) is 10.1. The molecule has 6 nitrogen and oxygen atoms in total. The van der Waals surface area contributed by atoms with E-state index in [9.17, 15) is 20.2 Å². The molecule has 0 amide bonds. The van der Waals surface area contributed by atoms with Crippen molar-refractivity contribution in [3.8, 4) is 0 Å². The number of nitro groups is 2. The van der Waals surface area contributed by atoms with Gasteiger partial charge in [-0.1, -0.05) is 45.9 Å². The minimum atomic E-state index is -0.413. The normalized spacial score (nSPS) is 11.2. The second-order valence-electron chi connectivity index (χ2n) is 5.07. The molecule has 0 aromatic heterocycles. The van der Waals surface area contributed by atoms with Gasteiger partial charge in [0.2, 0.25) is 0 Å². The van der Waals surface area contributed by atoms with Crippen molar-refractivity contribution in [2.75, 3.05) is 11.5 Å². The molecule has 0 saturated carbocycles. The zero-order valence-electron chi connectivity index (χ0n) is 13.7. The maximum Gasteiger partial charge on any atom is 0.269 e. The third-order valence-corrected chi connectivity index (χ3v) is 5.38. The van der Waals surface area contributed by atoms with Crippen LogP contribution >= 0.6 is 21.6 Å². The van der Waals surface area contributed by atoms with E-state index in [2.05, 4.69) is 0 Å². The van der Waals surface area contributed by atoms with Crippen LogP contribution in [-0.2, 0) is 0 Å². The molecule has 0 bridgehead atoms. The van der Waals surface area contributed by atoms with Gasteiger partial charge in [-0.05, 0) is 35.4 Å². The number of nitrogens with zero attached hydrogens (tertiary/aromatic N) is 2. The molecular weight excluding hydrogens is 372 g/mol. The summed E-state index contributed by atoms with van der Waals surface area (Å²) in [7, 11) is 3.41. The Bertz CT molecular complexity index is 733. The number of non-ortho nitro benzene ring substituents is 2. The van der Waals surface area contributed by atoms with Gasteiger partial charge < -0.3 is 0 Å². The third-order valence-electron chi connectivity index (χ3n) is 3.24. The second-order valence-corrected chi connectivity index (χ2v) is 7.62. The van der Waals surface area contributed by atoms with Gasteiger partial charge in [-0.2, -0.15) is 0 Å². The van der Waals surface area contributed by atoms with Crippen molar-refractivity contribution in [3.63, 3.8) is 0 Å². The summed E-state index contributed by atoms with van der Waals surface area (Å²) < 4.78 is 0. The molecular formula is C18H16N2O4S2. The zero-order chi connectivity index (χ0) is 18.8. The van der Waals surface area contributed by atoms with Crippen molar-refractivity contribution >= 4 is 45.1 Å². The highest BCUT2D eigenvalue weighted by Crippen LogP contribution is 2.22. The Balaban J connectivity index is 1.65. The monoisotopic (exact) mass is 388 g/mol. The molecule has 0 aliphatic heterocycles. The summed E-state index contributed by atoms with van der Waals surface area (Å²) in [5, 5.41) is 21.2. The van der Waals surface area contributed by atoms with Crippen LogP contribution in [0.4, 0.5) is 11.4 Å². The minimum Gasteiger partial charge on any atom is -0.258 e. The molecule has 2 rings (SSSR count). The summed E-state index contributed by atoms with van der Waals surface area (Å²) in [6.45, 7) is 0. The van der Waals surface area contributed by atoms with Crippen LogP contribution in [0.3, 0.4) is 0 Å². The van der Waals surface area contributed by atoms with Gasteiger partial charge in [-0.25, -0.2) is 0 Å². The van der Waals surface area contributed by atoms with Crippen LogP contribution in [0.15, 0.2) is 60.7 Å². The highest BCUT2D eigenvalue weighted by Gasteiger charge is 2.02. The Morgan fingerprint density at radius 2 is 1.04 bits per heavy atom. The first-order chi connectivity index (χ1) is 12.6. The summed E-state index contributed by atoms with van der Waals surface area (Å²) in [6.07, 6.45) is 7.89. The Hall–Kier alpha value is -2.58. The topological polar surface area (TPSA) is 86.3 Å². The molecule has 2 aromatic carbocycles. The third kappa shape index (κ3) is 6.73. The molecule has 0 aliphatic carbocycles. The summed E-state index contributed by atoms with van der Waals surface area (Å²) in [4.78, 5) is 20.3. The summed E-state index contributed by atoms with van der Waals surface area (Å²) in [5.41, 5.74) is 2.04. The van der Waals surface area contributed by atoms with Crippen molar-refractivity contribution in [1.82, 2.24) is 0 Å². The second kappa shape index (κ2) is 10.4. The SMILES string of the molecule is O=[N+]([O-])c1ccc(/C=C/CSSC/C=C/c2ccc([N+](=O)[O-])cc2)cc1. The number of rotatable bonds is 9. The molecule has 0 unspecified atom stereocenters. The molecule has 134 valence electrons. The number of hydrogen-bond acceptors (Lipinski definition) is 6. The lowest BCUT2D eigenvalue weighted by Gasteiger charge is -1.96. The molecule has 0 saturated heterocycles. The van der Waals surface area contributed by atoms with Crippen LogP contribution < -0.4 is 0 Å². The quantitative estimate of drug-likeness (QED) is 0.240. The fourth-order valence-corrected chi connectivity index (χ4v) is 3.55. The van der Waals surface area contributed by atoms with Crippen LogP contribution in [0.1, 0.15) is 11.1 Å². The molecule has 0 spiro atoms. The van der Waals surface area contributed by atoms with Crippen molar-refractivity contribution in [3.05, 3.63) is 92.0 Å². The Morgan fingerprint density at radius 1 is 0.692 bits per heavy atom. The maximum atomic E-state index is 10.6. The van der Waals surface area contributed by atoms with E-state index in [1.807, 2.05) is 24.3 Å². The lowest BCUT2D eigenvalue weighted by Crippen LogP contribution is -1.86. The van der Waals surface area contributed by atoms with Gasteiger partial charge in [0.1, 0.15) is 0 Å². The Labute approximate surface area is 158 Å². The summed E-state index contributed by atoms with van der Waals surface area (Å²) in [6, 6.07) is 12.8. The van der Waals surface area contributed by atoms with Crippen molar-refractivity contribution < 1.29 is 9.85 Å². The fraction of sp³-hybridized carbons (Fsp3) is 0.111. The van der Waals surface area contributed by atoms with E-state index in [0.717, 1.165) is 22.6 Å². The minimum absolute atomic E-state index is 0.0897. The lowest BCUT2D eigenvalue weighted by atomic mass is 10.2. The largest absolute Gasteiger partial charge is 0.269 e. The molecule has 0 atom stereocenters. The van der Waals surface area contributed by atoms with Crippen LogP contribution in [0.2, 0.25) is 0 Å². The maximum absolute atomic E-state index is 10.6. The van der Waals surface area contributed by atoms with Crippen molar-refractivity contribution in [2.24, 2.45) is 0 Å². The fourth-order valence-electron chi connectivity index (χ4n) is 1.96. The predicted octanol–water partition coefficient (Wildman–Crippen LogP) is 5.61. The number of nitro benzene ring substituents is 2. The predicted molar refractivity (Wildman–Crippen MR) is 109 cm³/mol. The van der Waals surface area contributed by atoms with Crippen molar-refractivity contribution in [2.45, 2.75) is 0 Å². The average molecular weight is 388 g/mol.